The van der Waals surface area contributed by atoms with E-state index in [4.69, 9.17) is 4.74 Å². The Hall–Kier alpha value is -1.46. The quantitative estimate of drug-likeness (QED) is 0.796. The lowest BCUT2D eigenvalue weighted by atomic mass is 9.80. The summed E-state index contributed by atoms with van der Waals surface area (Å²) in [4.78, 5) is 16.7. The Kier molecular flexibility index (Phi) is 4.45. The van der Waals surface area contributed by atoms with E-state index in [1.54, 1.807) is 23.1 Å². The number of likely N-dealkylation sites (N-methyl/N-ethyl adjacent to an activating group) is 1. The third-order valence-electron chi connectivity index (χ3n) is 4.68. The second-order valence-electron chi connectivity index (χ2n) is 6.60. The third-order valence-corrected chi connectivity index (χ3v) is 4.68. The highest BCUT2D eigenvalue weighted by Gasteiger charge is 2.39. The van der Waals surface area contributed by atoms with E-state index in [-0.39, 0.29) is 16.9 Å². The molecule has 1 unspecified atom stereocenters. The van der Waals surface area contributed by atoms with Crippen LogP contribution in [0.2, 0.25) is 0 Å². The Balaban J connectivity index is 1.78. The molecule has 1 spiro atoms. The predicted molar refractivity (Wildman–Crippen MR) is 82.3 cm³/mol. The van der Waals surface area contributed by atoms with Crippen LogP contribution in [0.5, 0.6) is 0 Å². The van der Waals surface area contributed by atoms with Crippen molar-refractivity contribution < 1.29 is 13.9 Å². The molecule has 0 N–H and O–H groups in total. The first kappa shape index (κ1) is 15.4. The molecule has 0 bridgehead atoms. The van der Waals surface area contributed by atoms with Crippen LogP contribution in [0.4, 0.5) is 4.39 Å². The zero-order valence-corrected chi connectivity index (χ0v) is 13.1. The van der Waals surface area contributed by atoms with E-state index in [1.807, 2.05) is 0 Å². The molecule has 1 aromatic carbocycles. The van der Waals surface area contributed by atoms with Gasteiger partial charge >= 0.3 is 0 Å². The first-order valence-corrected chi connectivity index (χ1v) is 7.90. The molecule has 0 saturated carbocycles. The summed E-state index contributed by atoms with van der Waals surface area (Å²) in [5, 5.41) is 0. The van der Waals surface area contributed by atoms with Crippen LogP contribution in [0.1, 0.15) is 23.2 Å². The predicted octanol–water partition coefficient (Wildman–Crippen LogP) is 2.01. The maximum absolute atomic E-state index is 13.9. The second kappa shape index (κ2) is 6.34. The molecule has 0 aromatic heterocycles. The van der Waals surface area contributed by atoms with Crippen LogP contribution in [0.3, 0.4) is 0 Å². The average molecular weight is 306 g/mol. The second-order valence-corrected chi connectivity index (χ2v) is 6.60. The molecule has 5 heteroatoms. The number of amides is 1. The number of likely N-dealkylation sites (tertiary alicyclic amines) is 1. The van der Waals surface area contributed by atoms with Crippen LogP contribution < -0.4 is 0 Å². The fourth-order valence-corrected chi connectivity index (χ4v) is 3.64. The van der Waals surface area contributed by atoms with E-state index in [2.05, 4.69) is 11.9 Å². The summed E-state index contributed by atoms with van der Waals surface area (Å²) in [6.07, 6.45) is 2.00. The van der Waals surface area contributed by atoms with E-state index in [1.165, 1.54) is 6.07 Å². The molecular weight excluding hydrogens is 283 g/mol. The van der Waals surface area contributed by atoms with E-state index in [9.17, 15) is 9.18 Å². The van der Waals surface area contributed by atoms with Gasteiger partial charge in [0.1, 0.15) is 5.82 Å². The van der Waals surface area contributed by atoms with Gasteiger partial charge in [0, 0.05) is 31.6 Å². The lowest BCUT2D eigenvalue weighted by Gasteiger charge is -2.43. The Morgan fingerprint density at radius 1 is 1.27 bits per heavy atom. The van der Waals surface area contributed by atoms with Crippen molar-refractivity contribution in [2.45, 2.75) is 12.8 Å². The zero-order chi connectivity index (χ0) is 15.6. The number of piperidine rings is 1. The van der Waals surface area contributed by atoms with Gasteiger partial charge in [0.05, 0.1) is 18.8 Å². The molecule has 0 aliphatic carbocycles. The highest BCUT2D eigenvalue weighted by atomic mass is 19.1. The van der Waals surface area contributed by atoms with Gasteiger partial charge < -0.3 is 14.5 Å². The van der Waals surface area contributed by atoms with Crippen molar-refractivity contribution in [3.8, 4) is 0 Å². The molecule has 1 amide bonds. The van der Waals surface area contributed by atoms with E-state index >= 15 is 0 Å². The van der Waals surface area contributed by atoms with Crippen molar-refractivity contribution in [2.75, 3.05) is 46.4 Å². The molecule has 3 rings (SSSR count). The standard InChI is InChI=1S/C17H23FN2O2/c1-19-9-10-22-13-17(11-19)7-4-8-20(12-17)16(21)14-5-2-3-6-15(14)18/h2-3,5-6H,4,7-13H2,1H3. The summed E-state index contributed by atoms with van der Waals surface area (Å²) in [6, 6.07) is 6.22. The number of benzene rings is 1. The number of nitrogens with zero attached hydrogens (tertiary/aromatic N) is 2. The van der Waals surface area contributed by atoms with Crippen molar-refractivity contribution in [1.82, 2.24) is 9.80 Å². The summed E-state index contributed by atoms with van der Waals surface area (Å²) in [5.74, 6) is -0.648. The number of ether oxygens (including phenoxy) is 1. The van der Waals surface area contributed by atoms with Gasteiger partial charge in [0.25, 0.3) is 5.91 Å². The van der Waals surface area contributed by atoms with Crippen LogP contribution in [-0.2, 0) is 4.74 Å². The van der Waals surface area contributed by atoms with Crippen molar-refractivity contribution in [1.29, 1.82) is 0 Å². The molecule has 120 valence electrons. The van der Waals surface area contributed by atoms with Gasteiger partial charge in [-0.2, -0.15) is 0 Å². The molecule has 2 aliphatic rings. The molecule has 22 heavy (non-hydrogen) atoms. The van der Waals surface area contributed by atoms with Crippen molar-refractivity contribution in [2.24, 2.45) is 5.41 Å². The maximum atomic E-state index is 13.9. The Labute approximate surface area is 130 Å². The first-order valence-electron chi connectivity index (χ1n) is 7.90. The van der Waals surface area contributed by atoms with Gasteiger partial charge in [-0.15, -0.1) is 0 Å². The Morgan fingerprint density at radius 2 is 2.09 bits per heavy atom. The Morgan fingerprint density at radius 3 is 2.91 bits per heavy atom. The summed E-state index contributed by atoms with van der Waals surface area (Å²) in [6.45, 7) is 4.60. The minimum atomic E-state index is -0.443. The molecule has 0 radical (unpaired) electrons. The van der Waals surface area contributed by atoms with E-state index < -0.39 is 5.82 Å². The van der Waals surface area contributed by atoms with Gasteiger partial charge in [-0.05, 0) is 32.0 Å². The molecule has 2 aliphatic heterocycles. The summed E-state index contributed by atoms with van der Waals surface area (Å²) in [7, 11) is 2.09. The number of hydrogen-bond acceptors (Lipinski definition) is 3. The zero-order valence-electron chi connectivity index (χ0n) is 13.1. The number of rotatable bonds is 1. The fourth-order valence-electron chi connectivity index (χ4n) is 3.64. The first-order chi connectivity index (χ1) is 10.6. The largest absolute Gasteiger partial charge is 0.379 e. The lowest BCUT2D eigenvalue weighted by Crippen LogP contribution is -2.51. The van der Waals surface area contributed by atoms with Gasteiger partial charge in [0.15, 0.2) is 0 Å². The minimum absolute atomic E-state index is 0.0234. The van der Waals surface area contributed by atoms with Crippen molar-refractivity contribution in [3.63, 3.8) is 0 Å². The molecule has 2 saturated heterocycles. The lowest BCUT2D eigenvalue weighted by molar-refractivity contribution is 0.00843. The van der Waals surface area contributed by atoms with Crippen LogP contribution >= 0.6 is 0 Å². The van der Waals surface area contributed by atoms with Crippen LogP contribution in [0.15, 0.2) is 24.3 Å². The number of carbonyl (C=O) groups excluding carboxylic acids is 1. The van der Waals surface area contributed by atoms with Gasteiger partial charge in [0.2, 0.25) is 0 Å². The van der Waals surface area contributed by atoms with Crippen LogP contribution in [0.25, 0.3) is 0 Å². The SMILES string of the molecule is CN1CCOCC2(CCCN(C(=O)c3ccccc3F)C2)C1. The van der Waals surface area contributed by atoms with Crippen LogP contribution in [0, 0.1) is 11.2 Å². The molecular formula is C17H23FN2O2. The van der Waals surface area contributed by atoms with Crippen molar-refractivity contribution in [3.05, 3.63) is 35.6 Å². The van der Waals surface area contributed by atoms with Gasteiger partial charge in [-0.3, -0.25) is 4.79 Å². The molecule has 1 atom stereocenters. The molecule has 2 fully saturated rings. The van der Waals surface area contributed by atoms with Gasteiger partial charge in [-0.1, -0.05) is 12.1 Å². The average Bonchev–Trinajstić information content (AvgIpc) is 2.68. The number of halogens is 1. The topological polar surface area (TPSA) is 32.8 Å². The van der Waals surface area contributed by atoms with E-state index in [0.717, 1.165) is 32.5 Å². The monoisotopic (exact) mass is 306 g/mol. The Bertz CT molecular complexity index is 551. The van der Waals surface area contributed by atoms with Crippen LogP contribution in [-0.4, -0.2) is 62.1 Å². The number of carbonyl (C=O) groups is 1. The van der Waals surface area contributed by atoms with Gasteiger partial charge in [-0.25, -0.2) is 4.39 Å². The summed E-state index contributed by atoms with van der Waals surface area (Å²) < 4.78 is 19.6. The van der Waals surface area contributed by atoms with E-state index in [0.29, 0.717) is 19.7 Å². The summed E-state index contributed by atoms with van der Waals surface area (Å²) >= 11 is 0. The van der Waals surface area contributed by atoms with Crippen molar-refractivity contribution >= 4 is 5.91 Å². The third kappa shape index (κ3) is 3.15. The maximum Gasteiger partial charge on any atom is 0.256 e. The normalized spacial score (nSPS) is 26.9. The summed E-state index contributed by atoms with van der Waals surface area (Å²) in [5.41, 5.74) is 0.146. The number of hydrogen-bond donors (Lipinski definition) is 0. The minimum Gasteiger partial charge on any atom is -0.379 e. The molecule has 2 heterocycles. The highest BCUT2D eigenvalue weighted by molar-refractivity contribution is 5.94. The fraction of sp³-hybridized carbons (Fsp3) is 0.588. The smallest absolute Gasteiger partial charge is 0.256 e. The highest BCUT2D eigenvalue weighted by Crippen LogP contribution is 2.33. The molecule has 1 aromatic rings. The molecule has 4 nitrogen and oxygen atoms in total.